The maximum absolute atomic E-state index is 12.5. The summed E-state index contributed by atoms with van der Waals surface area (Å²) in [5, 5.41) is 10.8. The highest BCUT2D eigenvalue weighted by Crippen LogP contribution is 2.30. The minimum Gasteiger partial charge on any atom is -0.339 e. The summed E-state index contributed by atoms with van der Waals surface area (Å²) in [7, 11) is 0. The average Bonchev–Trinajstić information content (AvgIpc) is 2.47. The quantitative estimate of drug-likeness (QED) is 0.626. The number of hydrogen-bond acceptors (Lipinski definition) is 3. The van der Waals surface area contributed by atoms with Gasteiger partial charge in [0.2, 0.25) is 0 Å². The number of piperidine rings is 1. The Labute approximate surface area is 129 Å². The van der Waals surface area contributed by atoms with Gasteiger partial charge in [-0.1, -0.05) is 37.4 Å². The summed E-state index contributed by atoms with van der Waals surface area (Å²) in [6.45, 7) is 3.56. The first-order chi connectivity index (χ1) is 10.0. The Bertz CT molecular complexity index is 540. The molecular weight excluding hydrogens is 292 g/mol. The van der Waals surface area contributed by atoms with Gasteiger partial charge in [0.15, 0.2) is 0 Å². The molecule has 1 aromatic carbocycles. The highest BCUT2D eigenvalue weighted by molar-refractivity contribution is 6.35. The first-order valence-electron chi connectivity index (χ1n) is 7.26. The molecule has 21 heavy (non-hydrogen) atoms. The number of rotatable bonds is 4. The van der Waals surface area contributed by atoms with Gasteiger partial charge in [-0.2, -0.15) is 0 Å². The fourth-order valence-electron chi connectivity index (χ4n) is 2.83. The molecule has 0 unspecified atom stereocenters. The van der Waals surface area contributed by atoms with Crippen LogP contribution in [-0.2, 0) is 0 Å². The maximum atomic E-state index is 12.5. The molecule has 1 aromatic rings. The minimum absolute atomic E-state index is 0.0665. The number of nitro groups is 1. The number of hydrogen-bond donors (Lipinski definition) is 0. The summed E-state index contributed by atoms with van der Waals surface area (Å²) in [4.78, 5) is 24.5. The molecule has 1 amide bonds. The van der Waals surface area contributed by atoms with Gasteiger partial charge in [-0.3, -0.25) is 14.9 Å². The van der Waals surface area contributed by atoms with Gasteiger partial charge in [0, 0.05) is 19.2 Å². The highest BCUT2D eigenvalue weighted by Gasteiger charge is 2.27. The van der Waals surface area contributed by atoms with E-state index in [2.05, 4.69) is 6.92 Å². The molecule has 5 nitrogen and oxygen atoms in total. The zero-order chi connectivity index (χ0) is 15.4. The lowest BCUT2D eigenvalue weighted by atomic mass is 9.92. The molecule has 0 atom stereocenters. The molecular formula is C15H19ClN2O3. The lowest BCUT2D eigenvalue weighted by Crippen LogP contribution is -2.38. The number of benzene rings is 1. The summed E-state index contributed by atoms with van der Waals surface area (Å²) < 4.78 is 0. The number of nitro benzene ring substituents is 1. The van der Waals surface area contributed by atoms with E-state index >= 15 is 0 Å². The molecule has 0 spiro atoms. The smallest absolute Gasteiger partial charge is 0.288 e. The zero-order valence-corrected chi connectivity index (χ0v) is 12.8. The van der Waals surface area contributed by atoms with Crippen molar-refractivity contribution < 1.29 is 9.72 Å². The van der Waals surface area contributed by atoms with Crippen molar-refractivity contribution >= 4 is 23.2 Å². The van der Waals surface area contributed by atoms with Crippen LogP contribution >= 0.6 is 11.6 Å². The Kier molecular flexibility index (Phi) is 5.17. The van der Waals surface area contributed by atoms with E-state index in [1.54, 1.807) is 11.0 Å². The molecule has 1 heterocycles. The van der Waals surface area contributed by atoms with Crippen LogP contribution in [0, 0.1) is 16.0 Å². The van der Waals surface area contributed by atoms with Gasteiger partial charge < -0.3 is 4.90 Å². The molecule has 1 aliphatic heterocycles. The Hall–Kier alpha value is -1.62. The topological polar surface area (TPSA) is 63.5 Å². The SMILES string of the molecule is CCCC1CCN(C(=O)c2cccc([N+](=O)[O-])c2Cl)CC1. The summed E-state index contributed by atoms with van der Waals surface area (Å²) in [6.07, 6.45) is 4.34. The third-order valence-electron chi connectivity index (χ3n) is 4.00. The number of nitrogens with zero attached hydrogens (tertiary/aromatic N) is 2. The minimum atomic E-state index is -0.563. The Balaban J connectivity index is 2.11. The summed E-state index contributed by atoms with van der Waals surface area (Å²) in [5.41, 5.74) is 0.00296. The highest BCUT2D eigenvalue weighted by atomic mass is 35.5. The average molecular weight is 311 g/mol. The largest absolute Gasteiger partial charge is 0.339 e. The van der Waals surface area contributed by atoms with Crippen LogP contribution in [0.3, 0.4) is 0 Å². The Morgan fingerprint density at radius 3 is 2.67 bits per heavy atom. The Morgan fingerprint density at radius 2 is 2.10 bits per heavy atom. The van der Waals surface area contributed by atoms with Crippen LogP contribution in [-0.4, -0.2) is 28.8 Å². The predicted molar refractivity (Wildman–Crippen MR) is 81.6 cm³/mol. The van der Waals surface area contributed by atoms with Gasteiger partial charge in [0.25, 0.3) is 11.6 Å². The Morgan fingerprint density at radius 1 is 1.43 bits per heavy atom. The molecule has 0 bridgehead atoms. The van der Waals surface area contributed by atoms with E-state index in [0.717, 1.165) is 19.3 Å². The molecule has 1 saturated heterocycles. The summed E-state index contributed by atoms with van der Waals surface area (Å²) in [6, 6.07) is 4.36. The predicted octanol–water partition coefficient (Wildman–Crippen LogP) is 3.90. The molecule has 6 heteroatoms. The first kappa shape index (κ1) is 15.8. The van der Waals surface area contributed by atoms with E-state index in [0.29, 0.717) is 19.0 Å². The second-order valence-electron chi connectivity index (χ2n) is 5.42. The first-order valence-corrected chi connectivity index (χ1v) is 7.64. The third kappa shape index (κ3) is 3.53. The monoisotopic (exact) mass is 310 g/mol. The van der Waals surface area contributed by atoms with Gasteiger partial charge in [-0.15, -0.1) is 0 Å². The second-order valence-corrected chi connectivity index (χ2v) is 5.80. The molecule has 0 N–H and O–H groups in total. The molecule has 0 aliphatic carbocycles. The van der Waals surface area contributed by atoms with Gasteiger partial charge in [0.1, 0.15) is 5.02 Å². The number of likely N-dealkylation sites (tertiary alicyclic amines) is 1. The second kappa shape index (κ2) is 6.89. The van der Waals surface area contributed by atoms with Gasteiger partial charge >= 0.3 is 0 Å². The molecule has 0 saturated carbocycles. The van der Waals surface area contributed by atoms with Crippen molar-refractivity contribution in [1.29, 1.82) is 0 Å². The summed E-state index contributed by atoms with van der Waals surface area (Å²) >= 11 is 6.01. The van der Waals surface area contributed by atoms with Gasteiger partial charge in [0.05, 0.1) is 10.5 Å². The van der Waals surface area contributed by atoms with Crippen LogP contribution in [0.5, 0.6) is 0 Å². The van der Waals surface area contributed by atoms with E-state index in [1.165, 1.54) is 18.6 Å². The van der Waals surface area contributed by atoms with Crippen molar-refractivity contribution in [2.24, 2.45) is 5.92 Å². The van der Waals surface area contributed by atoms with Crippen LogP contribution in [0.1, 0.15) is 43.0 Å². The van der Waals surface area contributed by atoms with Gasteiger partial charge in [-0.25, -0.2) is 0 Å². The summed E-state index contributed by atoms with van der Waals surface area (Å²) in [5.74, 6) is 0.471. The van der Waals surface area contributed by atoms with Crippen molar-refractivity contribution in [3.8, 4) is 0 Å². The van der Waals surface area contributed by atoms with E-state index < -0.39 is 4.92 Å². The molecule has 114 valence electrons. The molecule has 1 aliphatic rings. The molecule has 2 rings (SSSR count). The number of carbonyl (C=O) groups excluding carboxylic acids is 1. The van der Waals surface area contributed by atoms with Gasteiger partial charge in [-0.05, 0) is 24.8 Å². The standard InChI is InChI=1S/C15H19ClN2O3/c1-2-4-11-7-9-17(10-8-11)15(19)12-5-3-6-13(14(12)16)18(20)21/h3,5-6,11H,2,4,7-10H2,1H3. The lowest BCUT2D eigenvalue weighted by Gasteiger charge is -2.32. The van der Waals surface area contributed by atoms with E-state index in [-0.39, 0.29) is 22.2 Å². The third-order valence-corrected chi connectivity index (χ3v) is 4.40. The fourth-order valence-corrected chi connectivity index (χ4v) is 3.11. The van der Waals surface area contributed by atoms with Crippen molar-refractivity contribution in [1.82, 2.24) is 4.90 Å². The van der Waals surface area contributed by atoms with Crippen molar-refractivity contribution in [2.75, 3.05) is 13.1 Å². The normalized spacial score (nSPS) is 16.0. The lowest BCUT2D eigenvalue weighted by molar-refractivity contribution is -0.384. The van der Waals surface area contributed by atoms with Crippen LogP contribution in [0.25, 0.3) is 0 Å². The maximum Gasteiger partial charge on any atom is 0.288 e. The van der Waals surface area contributed by atoms with Crippen molar-refractivity contribution in [3.63, 3.8) is 0 Å². The van der Waals surface area contributed by atoms with E-state index in [4.69, 9.17) is 11.6 Å². The van der Waals surface area contributed by atoms with Crippen LogP contribution < -0.4 is 0 Å². The zero-order valence-electron chi connectivity index (χ0n) is 12.0. The molecule has 1 fully saturated rings. The number of halogens is 1. The molecule has 0 aromatic heterocycles. The molecule has 0 radical (unpaired) electrons. The van der Waals surface area contributed by atoms with Crippen molar-refractivity contribution in [2.45, 2.75) is 32.6 Å². The van der Waals surface area contributed by atoms with Crippen LogP contribution in [0.4, 0.5) is 5.69 Å². The fraction of sp³-hybridized carbons (Fsp3) is 0.533. The van der Waals surface area contributed by atoms with Crippen LogP contribution in [0.15, 0.2) is 18.2 Å². The van der Waals surface area contributed by atoms with E-state index in [1.807, 2.05) is 0 Å². The van der Waals surface area contributed by atoms with E-state index in [9.17, 15) is 14.9 Å². The number of carbonyl (C=O) groups is 1. The number of amides is 1. The van der Waals surface area contributed by atoms with Crippen LogP contribution in [0.2, 0.25) is 5.02 Å². The van der Waals surface area contributed by atoms with Crippen molar-refractivity contribution in [3.05, 3.63) is 38.9 Å².